The molecular weight excluding hydrogens is 481 g/mol. The molecule has 0 saturated heterocycles. The van der Waals surface area contributed by atoms with Crippen LogP contribution in [-0.4, -0.2) is 14.5 Å². The zero-order valence-electron chi connectivity index (χ0n) is 16.7. The average Bonchev–Trinajstić information content (AvgIpc) is 2.68. The molecule has 3 nitrogen and oxygen atoms in total. The molecule has 2 atom stereocenters. The van der Waals surface area contributed by atoms with Gasteiger partial charge >= 0.3 is 0 Å². The predicted octanol–water partition coefficient (Wildman–Crippen LogP) is 6.12. The third-order valence-electron chi connectivity index (χ3n) is 6.28. The Kier molecular flexibility index (Phi) is 8.18. The van der Waals surface area contributed by atoms with Gasteiger partial charge in [0, 0.05) is 15.0 Å². The summed E-state index contributed by atoms with van der Waals surface area (Å²) in [5, 5.41) is 1.34. The van der Waals surface area contributed by atoms with Crippen LogP contribution < -0.4 is 4.72 Å². The highest BCUT2D eigenvalue weighted by Gasteiger charge is 2.44. The number of hydrogen-bond acceptors (Lipinski definition) is 2. The van der Waals surface area contributed by atoms with Crippen LogP contribution in [-0.2, 0) is 10.0 Å². The first-order valence-corrected chi connectivity index (χ1v) is 13.2. The number of hydrogen-bond donors (Lipinski definition) is 1. The second-order valence-electron chi connectivity index (χ2n) is 8.23. The summed E-state index contributed by atoms with van der Waals surface area (Å²) >= 11 is 2.24. The Bertz CT molecular complexity index is 795. The van der Waals surface area contributed by atoms with Crippen molar-refractivity contribution in [2.75, 3.05) is 0 Å². The van der Waals surface area contributed by atoms with Gasteiger partial charge in [0.25, 0.3) is 0 Å². The molecule has 0 aliphatic heterocycles. The molecule has 0 heterocycles. The highest BCUT2D eigenvalue weighted by Crippen LogP contribution is 2.46. The van der Waals surface area contributed by atoms with Crippen LogP contribution in [0.3, 0.4) is 0 Å². The van der Waals surface area contributed by atoms with Crippen molar-refractivity contribution >= 4 is 38.7 Å². The Morgan fingerprint density at radius 2 is 1.89 bits per heavy atom. The van der Waals surface area contributed by atoms with Gasteiger partial charge in [0.15, 0.2) is 0 Å². The molecule has 1 aromatic rings. The van der Waals surface area contributed by atoms with Crippen LogP contribution in [0, 0.1) is 21.3 Å². The first kappa shape index (κ1) is 22.0. The predicted molar refractivity (Wildman–Crippen MR) is 126 cm³/mol. The number of allylic oxidation sites excluding steroid dienone is 2. The summed E-state index contributed by atoms with van der Waals surface area (Å²) in [4.78, 5) is 0. The highest BCUT2D eigenvalue weighted by molar-refractivity contribution is 14.1. The molecule has 0 amide bonds. The van der Waals surface area contributed by atoms with Gasteiger partial charge in [-0.15, -0.1) is 0 Å². The van der Waals surface area contributed by atoms with E-state index < -0.39 is 10.0 Å². The van der Waals surface area contributed by atoms with E-state index in [0.717, 1.165) is 34.8 Å². The molecule has 154 valence electrons. The number of halogens is 1. The van der Waals surface area contributed by atoms with Gasteiger partial charge < -0.3 is 0 Å². The van der Waals surface area contributed by atoms with Gasteiger partial charge in [0.1, 0.15) is 0 Å². The zero-order valence-corrected chi connectivity index (χ0v) is 19.7. The fourth-order valence-electron chi connectivity index (χ4n) is 4.80. The zero-order chi connectivity index (χ0) is 20.0. The Morgan fingerprint density at radius 1 is 1.14 bits per heavy atom. The first-order chi connectivity index (χ1) is 13.5. The molecular formula is C23H32INO2S. The first-order valence-electron chi connectivity index (χ1n) is 10.6. The molecule has 28 heavy (non-hydrogen) atoms. The van der Waals surface area contributed by atoms with Crippen molar-refractivity contribution in [1.29, 1.82) is 0 Å². The van der Waals surface area contributed by atoms with Crippen molar-refractivity contribution in [2.24, 2.45) is 17.8 Å². The van der Waals surface area contributed by atoms with Crippen molar-refractivity contribution in [3.05, 3.63) is 51.0 Å². The topological polar surface area (TPSA) is 46.2 Å². The summed E-state index contributed by atoms with van der Waals surface area (Å²) in [6.07, 6.45) is 15.7. The maximum atomic E-state index is 12.8. The Morgan fingerprint density at radius 3 is 2.61 bits per heavy atom. The molecule has 3 fully saturated rings. The summed E-state index contributed by atoms with van der Waals surface area (Å²) in [5.41, 5.74) is 0.915. The summed E-state index contributed by atoms with van der Waals surface area (Å²) in [7, 11) is -3.44. The van der Waals surface area contributed by atoms with Gasteiger partial charge in [-0.2, -0.15) is 0 Å². The molecule has 0 radical (unpaired) electrons. The molecule has 3 saturated carbocycles. The molecule has 1 N–H and O–H groups in total. The minimum atomic E-state index is -3.44. The molecule has 5 heteroatoms. The molecule has 3 aliphatic carbocycles. The van der Waals surface area contributed by atoms with Gasteiger partial charge in [-0.1, -0.05) is 44.1 Å². The van der Waals surface area contributed by atoms with Crippen LogP contribution in [0.2, 0.25) is 0 Å². The van der Waals surface area contributed by atoms with Crippen molar-refractivity contribution < 1.29 is 8.42 Å². The quantitative estimate of drug-likeness (QED) is 0.246. The van der Waals surface area contributed by atoms with E-state index in [1.54, 1.807) is 6.08 Å². The number of nitrogens with one attached hydrogen (secondary N) is 1. The third-order valence-corrected chi connectivity index (χ3v) is 8.05. The van der Waals surface area contributed by atoms with Gasteiger partial charge in [0.05, 0.1) is 0 Å². The van der Waals surface area contributed by atoms with Crippen molar-refractivity contribution in [1.82, 2.24) is 4.72 Å². The molecule has 4 rings (SSSR count). The fraction of sp³-hybridized carbons (Fsp3) is 0.565. The van der Waals surface area contributed by atoms with Gasteiger partial charge in [-0.25, -0.2) is 13.1 Å². The SMILES string of the molecule is CCCCC=CCC1C2CCC(CC2)C1NS(=O)(=O)C=Cc1cccc(I)c1. The number of unbranched alkanes of at least 4 members (excludes halogenated alkanes) is 2. The lowest BCUT2D eigenvalue weighted by Crippen LogP contribution is -2.52. The average molecular weight is 513 g/mol. The van der Waals surface area contributed by atoms with Crippen molar-refractivity contribution in [3.63, 3.8) is 0 Å². The van der Waals surface area contributed by atoms with Crippen molar-refractivity contribution in [2.45, 2.75) is 64.3 Å². The van der Waals surface area contributed by atoms with E-state index in [-0.39, 0.29) is 6.04 Å². The Labute approximate surface area is 184 Å². The van der Waals surface area contributed by atoms with E-state index >= 15 is 0 Å². The smallest absolute Gasteiger partial charge is 0.208 e. The number of fused-ring (bicyclic) bond motifs is 3. The molecule has 2 unspecified atom stereocenters. The Balaban J connectivity index is 1.67. The number of sulfonamides is 1. The van der Waals surface area contributed by atoms with Crippen molar-refractivity contribution in [3.8, 4) is 0 Å². The monoisotopic (exact) mass is 513 g/mol. The lowest BCUT2D eigenvalue weighted by atomic mass is 9.61. The van der Waals surface area contributed by atoms with Crippen LogP contribution in [0.25, 0.3) is 6.08 Å². The number of benzene rings is 1. The van der Waals surface area contributed by atoms with E-state index in [4.69, 9.17) is 0 Å². The molecule has 1 aromatic carbocycles. The maximum absolute atomic E-state index is 12.8. The summed E-state index contributed by atoms with van der Waals surface area (Å²) in [6.45, 7) is 2.21. The fourth-order valence-corrected chi connectivity index (χ4v) is 6.53. The van der Waals surface area contributed by atoms with E-state index in [9.17, 15) is 8.42 Å². The van der Waals surface area contributed by atoms with E-state index in [1.807, 2.05) is 24.3 Å². The Hall–Kier alpha value is -0.660. The van der Waals surface area contributed by atoms with Crippen LogP contribution in [0.5, 0.6) is 0 Å². The maximum Gasteiger partial charge on any atom is 0.233 e. The lowest BCUT2D eigenvalue weighted by Gasteiger charge is -2.48. The highest BCUT2D eigenvalue weighted by atomic mass is 127. The van der Waals surface area contributed by atoms with E-state index in [0.29, 0.717) is 17.8 Å². The lowest BCUT2D eigenvalue weighted by molar-refractivity contribution is 0.0646. The van der Waals surface area contributed by atoms with Crippen LogP contribution in [0.1, 0.15) is 63.9 Å². The summed E-state index contributed by atoms with van der Waals surface area (Å²) in [5.74, 6) is 1.58. The van der Waals surface area contributed by atoms with Crippen LogP contribution in [0.15, 0.2) is 41.8 Å². The van der Waals surface area contributed by atoms with E-state index in [2.05, 4.69) is 46.4 Å². The minimum absolute atomic E-state index is 0.0777. The normalized spacial score (nSPS) is 27.8. The van der Waals surface area contributed by atoms with Crippen LogP contribution in [0.4, 0.5) is 0 Å². The molecule has 2 bridgehead atoms. The van der Waals surface area contributed by atoms with Gasteiger partial charge in [-0.3, -0.25) is 0 Å². The third kappa shape index (κ3) is 6.17. The molecule has 0 spiro atoms. The summed E-state index contributed by atoms with van der Waals surface area (Å²) < 4.78 is 29.7. The van der Waals surface area contributed by atoms with Crippen LogP contribution >= 0.6 is 22.6 Å². The van der Waals surface area contributed by atoms with E-state index in [1.165, 1.54) is 31.1 Å². The second kappa shape index (κ2) is 10.4. The molecule has 3 aliphatic rings. The van der Waals surface area contributed by atoms with Gasteiger partial charge in [-0.05, 0) is 103 Å². The largest absolute Gasteiger partial charge is 0.233 e. The second-order valence-corrected chi connectivity index (χ2v) is 11.1. The van der Waals surface area contributed by atoms with Gasteiger partial charge in [0.2, 0.25) is 10.0 Å². The number of rotatable bonds is 9. The summed E-state index contributed by atoms with van der Waals surface area (Å²) in [6, 6.07) is 7.94. The minimum Gasteiger partial charge on any atom is -0.208 e. The standard InChI is InChI=1S/C23H32INO2S/c1-2-3-4-5-6-10-22-19-11-13-20(14-12-19)23(22)25-28(26,27)16-15-18-8-7-9-21(24)17-18/h5-9,15-17,19-20,22-23,25H,2-4,10-14H2,1H3. The molecule has 0 aromatic heterocycles.